The van der Waals surface area contributed by atoms with E-state index in [4.69, 9.17) is 4.74 Å². The number of hydrogen-bond acceptors (Lipinski definition) is 4. The van der Waals surface area contributed by atoms with Gasteiger partial charge in [0.1, 0.15) is 6.04 Å². The van der Waals surface area contributed by atoms with Crippen molar-refractivity contribution in [1.82, 2.24) is 0 Å². The van der Waals surface area contributed by atoms with Crippen molar-refractivity contribution in [2.75, 3.05) is 41.8 Å². The first kappa shape index (κ1) is 22.7. The van der Waals surface area contributed by atoms with Gasteiger partial charge in [-0.1, -0.05) is 0 Å². The molecule has 1 saturated heterocycles. The lowest BCUT2D eigenvalue weighted by atomic mass is 10.1. The molecule has 2 N–H and O–H groups in total. The Hall–Kier alpha value is -2.95. The quantitative estimate of drug-likeness (QED) is 0.527. The van der Waals surface area contributed by atoms with Gasteiger partial charge in [0.05, 0.1) is 35.8 Å². The van der Waals surface area contributed by atoms with Gasteiger partial charge in [0.25, 0.3) is 0 Å². The molecule has 2 aromatic rings. The van der Waals surface area contributed by atoms with Crippen LogP contribution in [0.15, 0.2) is 30.3 Å². The SMILES string of the molecule is C[C@@H](Nc1cc(C(F)(F)F)ccc1N1CCOCC1)C(=O)Nc1ccc(F)c(F)c1F. The molecule has 0 spiro atoms. The van der Waals surface area contributed by atoms with Crippen LogP contribution in [0.2, 0.25) is 0 Å². The summed E-state index contributed by atoms with van der Waals surface area (Å²) < 4.78 is 85.1. The highest BCUT2D eigenvalue weighted by molar-refractivity contribution is 5.97. The van der Waals surface area contributed by atoms with E-state index in [1.54, 1.807) is 0 Å². The topological polar surface area (TPSA) is 53.6 Å². The molecule has 11 heteroatoms. The molecule has 0 aromatic heterocycles. The predicted molar refractivity (Wildman–Crippen MR) is 103 cm³/mol. The van der Waals surface area contributed by atoms with E-state index in [0.717, 1.165) is 18.2 Å². The number of ether oxygens (including phenoxy) is 1. The summed E-state index contributed by atoms with van der Waals surface area (Å²) in [5, 5.41) is 4.80. The highest BCUT2D eigenvalue weighted by Crippen LogP contribution is 2.36. The van der Waals surface area contributed by atoms with Crippen molar-refractivity contribution in [3.63, 3.8) is 0 Å². The Kier molecular flexibility index (Phi) is 6.63. The predicted octanol–water partition coefficient (Wildman–Crippen LogP) is 4.40. The van der Waals surface area contributed by atoms with Crippen molar-refractivity contribution >= 4 is 23.0 Å². The fourth-order valence-corrected chi connectivity index (χ4v) is 3.07. The Morgan fingerprint density at radius 1 is 1.03 bits per heavy atom. The third-order valence-corrected chi connectivity index (χ3v) is 4.73. The average Bonchev–Trinajstić information content (AvgIpc) is 2.74. The third kappa shape index (κ3) is 5.22. The molecule has 0 aliphatic carbocycles. The molecular formula is C20H19F6N3O2. The first-order chi connectivity index (χ1) is 14.6. The maximum Gasteiger partial charge on any atom is 0.416 e. The number of carbonyl (C=O) groups excluding carboxylic acids is 1. The molecule has 3 rings (SSSR count). The van der Waals surface area contributed by atoms with Gasteiger partial charge in [-0.3, -0.25) is 4.79 Å². The fourth-order valence-electron chi connectivity index (χ4n) is 3.07. The lowest BCUT2D eigenvalue weighted by Gasteiger charge is -2.31. The highest BCUT2D eigenvalue weighted by atomic mass is 19.4. The number of hydrogen-bond donors (Lipinski definition) is 2. The van der Waals surface area contributed by atoms with Crippen LogP contribution in [0.1, 0.15) is 12.5 Å². The van der Waals surface area contributed by atoms with Crippen LogP contribution in [0, 0.1) is 17.5 Å². The smallest absolute Gasteiger partial charge is 0.378 e. The summed E-state index contributed by atoms with van der Waals surface area (Å²) in [5.41, 5.74) is -1.01. The number of morpholine rings is 1. The third-order valence-electron chi connectivity index (χ3n) is 4.73. The van der Waals surface area contributed by atoms with Gasteiger partial charge >= 0.3 is 6.18 Å². The summed E-state index contributed by atoms with van der Waals surface area (Å²) in [5.74, 6) is -5.59. The lowest BCUT2D eigenvalue weighted by molar-refractivity contribution is -0.137. The van der Waals surface area contributed by atoms with E-state index in [1.165, 1.54) is 13.0 Å². The van der Waals surface area contributed by atoms with Gasteiger partial charge in [-0.2, -0.15) is 13.2 Å². The van der Waals surface area contributed by atoms with Crippen LogP contribution in [0.25, 0.3) is 0 Å². The first-order valence-electron chi connectivity index (χ1n) is 9.32. The van der Waals surface area contributed by atoms with Crippen molar-refractivity contribution in [1.29, 1.82) is 0 Å². The minimum Gasteiger partial charge on any atom is -0.378 e. The summed E-state index contributed by atoms with van der Waals surface area (Å²) in [7, 11) is 0. The van der Waals surface area contributed by atoms with E-state index in [-0.39, 0.29) is 5.69 Å². The second-order valence-corrected chi connectivity index (χ2v) is 6.91. The molecule has 1 heterocycles. The van der Waals surface area contributed by atoms with Gasteiger partial charge in [0.2, 0.25) is 5.91 Å². The van der Waals surface area contributed by atoms with Gasteiger partial charge < -0.3 is 20.3 Å². The summed E-state index contributed by atoms with van der Waals surface area (Å²) in [6.45, 7) is 3.02. The number of alkyl halides is 3. The number of nitrogens with zero attached hydrogens (tertiary/aromatic N) is 1. The molecule has 5 nitrogen and oxygen atoms in total. The van der Waals surface area contributed by atoms with Gasteiger partial charge in [-0.15, -0.1) is 0 Å². The molecule has 1 fully saturated rings. The summed E-state index contributed by atoms with van der Waals surface area (Å²) in [6, 6.07) is 3.49. The zero-order valence-corrected chi connectivity index (χ0v) is 16.3. The number of halogens is 6. The Balaban J connectivity index is 1.83. The minimum atomic E-state index is -4.60. The molecule has 1 aliphatic rings. The van der Waals surface area contributed by atoms with Crippen LogP contribution in [0.3, 0.4) is 0 Å². The van der Waals surface area contributed by atoms with E-state index in [9.17, 15) is 31.1 Å². The molecule has 1 amide bonds. The molecule has 168 valence electrons. The van der Waals surface area contributed by atoms with Gasteiger partial charge in [-0.25, -0.2) is 13.2 Å². The molecule has 0 saturated carbocycles. The molecule has 1 atom stereocenters. The van der Waals surface area contributed by atoms with Crippen molar-refractivity contribution in [3.05, 3.63) is 53.3 Å². The zero-order valence-electron chi connectivity index (χ0n) is 16.3. The van der Waals surface area contributed by atoms with E-state index < -0.39 is 46.8 Å². The molecular weight excluding hydrogens is 428 g/mol. The number of rotatable bonds is 5. The Morgan fingerprint density at radius 3 is 2.35 bits per heavy atom. The second kappa shape index (κ2) is 9.04. The molecule has 0 bridgehead atoms. The fraction of sp³-hybridized carbons (Fsp3) is 0.350. The zero-order chi connectivity index (χ0) is 22.8. The largest absolute Gasteiger partial charge is 0.416 e. The monoisotopic (exact) mass is 447 g/mol. The summed E-state index contributed by atoms with van der Waals surface area (Å²) in [6.07, 6.45) is -4.60. The van der Waals surface area contributed by atoms with E-state index in [2.05, 4.69) is 10.6 Å². The van der Waals surface area contributed by atoms with Crippen molar-refractivity contribution in [2.45, 2.75) is 19.1 Å². The lowest BCUT2D eigenvalue weighted by Crippen LogP contribution is -2.38. The Labute approximate surface area is 174 Å². The van der Waals surface area contributed by atoms with Crippen molar-refractivity contribution in [2.24, 2.45) is 0 Å². The Morgan fingerprint density at radius 2 is 1.71 bits per heavy atom. The highest BCUT2D eigenvalue weighted by Gasteiger charge is 2.32. The van der Waals surface area contributed by atoms with Gasteiger partial charge in [-0.05, 0) is 37.3 Å². The van der Waals surface area contributed by atoms with E-state index >= 15 is 0 Å². The molecule has 31 heavy (non-hydrogen) atoms. The molecule has 0 radical (unpaired) electrons. The Bertz CT molecular complexity index is 961. The van der Waals surface area contributed by atoms with Crippen LogP contribution in [-0.4, -0.2) is 38.3 Å². The minimum absolute atomic E-state index is 0.0464. The summed E-state index contributed by atoms with van der Waals surface area (Å²) >= 11 is 0. The molecule has 0 unspecified atom stereocenters. The number of anilines is 3. The normalized spacial score (nSPS) is 15.5. The maximum atomic E-state index is 13.8. The first-order valence-corrected chi connectivity index (χ1v) is 9.32. The number of amides is 1. The van der Waals surface area contributed by atoms with Crippen LogP contribution in [0.4, 0.5) is 43.4 Å². The summed E-state index contributed by atoms with van der Waals surface area (Å²) in [4.78, 5) is 14.2. The number of carbonyl (C=O) groups is 1. The van der Waals surface area contributed by atoms with Crippen molar-refractivity contribution < 1.29 is 35.9 Å². The number of nitrogens with one attached hydrogen (secondary N) is 2. The standard InChI is InChI=1S/C20H19F6N3O2/c1-11(19(30)28-14-4-3-13(21)17(22)18(14)23)27-15-10-12(20(24,25)26)2-5-16(15)29-6-8-31-9-7-29/h2-5,10-11,27H,6-9H2,1H3,(H,28,30)/t11-/m1/s1. The van der Waals surface area contributed by atoms with E-state index in [0.29, 0.717) is 38.1 Å². The molecule has 1 aliphatic heterocycles. The average molecular weight is 447 g/mol. The van der Waals surface area contributed by atoms with Crippen LogP contribution >= 0.6 is 0 Å². The van der Waals surface area contributed by atoms with Gasteiger partial charge in [0.15, 0.2) is 17.5 Å². The van der Waals surface area contributed by atoms with Crippen LogP contribution in [0.5, 0.6) is 0 Å². The number of benzene rings is 2. The van der Waals surface area contributed by atoms with Gasteiger partial charge in [0, 0.05) is 13.1 Å². The van der Waals surface area contributed by atoms with Crippen molar-refractivity contribution in [3.8, 4) is 0 Å². The van der Waals surface area contributed by atoms with E-state index in [1.807, 2.05) is 4.90 Å². The van der Waals surface area contributed by atoms with Crippen LogP contribution in [-0.2, 0) is 15.7 Å². The van der Waals surface area contributed by atoms with Crippen LogP contribution < -0.4 is 15.5 Å². The maximum absolute atomic E-state index is 13.8. The second-order valence-electron chi connectivity index (χ2n) is 6.91. The molecule has 2 aromatic carbocycles.